The molecule has 0 amide bonds. The number of aromatic nitrogens is 2. The molecule has 0 atom stereocenters. The lowest BCUT2D eigenvalue weighted by atomic mass is 10.1. The Hall–Kier alpha value is -2.35. The van der Waals surface area contributed by atoms with Gasteiger partial charge in [0.2, 0.25) is 0 Å². The maximum atomic E-state index is 4.25. The predicted molar refractivity (Wildman–Crippen MR) is 72.0 cm³/mol. The molecule has 18 heavy (non-hydrogen) atoms. The topological polar surface area (TPSA) is 17.8 Å². The molecule has 1 radical (unpaired) electrons. The van der Waals surface area contributed by atoms with Crippen molar-refractivity contribution in [3.05, 3.63) is 78.8 Å². The molecule has 3 rings (SSSR count). The van der Waals surface area contributed by atoms with Crippen molar-refractivity contribution in [1.82, 2.24) is 9.55 Å². The molecule has 0 aliphatic carbocycles. The SMILES string of the molecule is [c]1ccc(Cn2cncc2-c2ccccc2)cc1. The fraction of sp³-hybridized carbons (Fsp3) is 0.0625. The molecule has 0 saturated carbocycles. The van der Waals surface area contributed by atoms with Gasteiger partial charge in [0.1, 0.15) is 0 Å². The third-order valence-electron chi connectivity index (χ3n) is 2.92. The van der Waals surface area contributed by atoms with Crippen molar-refractivity contribution >= 4 is 0 Å². The molecule has 0 bridgehead atoms. The van der Waals surface area contributed by atoms with Crippen molar-refractivity contribution in [3.8, 4) is 11.3 Å². The minimum absolute atomic E-state index is 0.832. The van der Waals surface area contributed by atoms with Crippen molar-refractivity contribution in [2.24, 2.45) is 0 Å². The molecule has 2 aromatic carbocycles. The summed E-state index contributed by atoms with van der Waals surface area (Å²) in [5.41, 5.74) is 3.59. The molecule has 0 saturated heterocycles. The number of hydrogen-bond donors (Lipinski definition) is 0. The molecule has 1 heterocycles. The highest BCUT2D eigenvalue weighted by Crippen LogP contribution is 2.19. The van der Waals surface area contributed by atoms with E-state index in [2.05, 4.69) is 39.9 Å². The van der Waals surface area contributed by atoms with Crippen molar-refractivity contribution < 1.29 is 0 Å². The van der Waals surface area contributed by atoms with Crippen LogP contribution in [0.3, 0.4) is 0 Å². The summed E-state index contributed by atoms with van der Waals surface area (Å²) >= 11 is 0. The Bertz CT molecular complexity index is 612. The van der Waals surface area contributed by atoms with E-state index in [4.69, 9.17) is 0 Å². The van der Waals surface area contributed by atoms with Crippen LogP contribution in [0.2, 0.25) is 0 Å². The molecule has 2 heteroatoms. The van der Waals surface area contributed by atoms with Crippen molar-refractivity contribution in [2.75, 3.05) is 0 Å². The molecule has 0 spiro atoms. The molecule has 1 aromatic heterocycles. The number of nitrogens with zero attached hydrogens (tertiary/aromatic N) is 2. The van der Waals surface area contributed by atoms with E-state index >= 15 is 0 Å². The molecular formula is C16H13N2. The Balaban J connectivity index is 1.93. The minimum Gasteiger partial charge on any atom is -0.326 e. The maximum absolute atomic E-state index is 4.25. The Morgan fingerprint density at radius 3 is 2.56 bits per heavy atom. The summed E-state index contributed by atoms with van der Waals surface area (Å²) in [7, 11) is 0. The maximum Gasteiger partial charge on any atom is 0.0954 e. The fourth-order valence-electron chi connectivity index (χ4n) is 2.02. The van der Waals surface area contributed by atoms with Gasteiger partial charge in [-0.15, -0.1) is 0 Å². The largest absolute Gasteiger partial charge is 0.326 e. The van der Waals surface area contributed by atoms with Gasteiger partial charge in [0.05, 0.1) is 18.2 Å². The Morgan fingerprint density at radius 2 is 1.78 bits per heavy atom. The van der Waals surface area contributed by atoms with Crippen LogP contribution in [0.15, 0.2) is 67.1 Å². The molecule has 2 nitrogen and oxygen atoms in total. The highest BCUT2D eigenvalue weighted by molar-refractivity contribution is 5.58. The zero-order chi connectivity index (χ0) is 12.2. The first-order valence-electron chi connectivity index (χ1n) is 5.94. The van der Waals surface area contributed by atoms with Crippen LogP contribution in [0.4, 0.5) is 0 Å². The highest BCUT2D eigenvalue weighted by atomic mass is 15.0. The van der Waals surface area contributed by atoms with Gasteiger partial charge < -0.3 is 4.57 Å². The smallest absolute Gasteiger partial charge is 0.0954 e. The molecule has 0 fully saturated rings. The lowest BCUT2D eigenvalue weighted by Crippen LogP contribution is -1.99. The summed E-state index contributed by atoms with van der Waals surface area (Å²) in [5.74, 6) is 0. The van der Waals surface area contributed by atoms with E-state index in [0.717, 1.165) is 12.2 Å². The number of hydrogen-bond acceptors (Lipinski definition) is 1. The summed E-state index contributed by atoms with van der Waals surface area (Å²) in [6.45, 7) is 0.832. The van der Waals surface area contributed by atoms with Crippen LogP contribution >= 0.6 is 0 Å². The van der Waals surface area contributed by atoms with Crippen molar-refractivity contribution in [2.45, 2.75) is 6.54 Å². The van der Waals surface area contributed by atoms with Gasteiger partial charge in [0, 0.05) is 6.54 Å². The number of benzene rings is 2. The van der Waals surface area contributed by atoms with Gasteiger partial charge in [0.25, 0.3) is 0 Å². The van der Waals surface area contributed by atoms with Crippen LogP contribution in [0, 0.1) is 6.07 Å². The molecule has 0 aliphatic rings. The van der Waals surface area contributed by atoms with Crippen molar-refractivity contribution in [3.63, 3.8) is 0 Å². The fourth-order valence-corrected chi connectivity index (χ4v) is 2.02. The van der Waals surface area contributed by atoms with E-state index in [1.54, 1.807) is 0 Å². The first-order valence-corrected chi connectivity index (χ1v) is 5.94. The minimum atomic E-state index is 0.832. The first-order chi connectivity index (χ1) is 8.93. The zero-order valence-electron chi connectivity index (χ0n) is 9.95. The highest BCUT2D eigenvalue weighted by Gasteiger charge is 2.04. The van der Waals surface area contributed by atoms with Crippen LogP contribution in [-0.2, 0) is 6.54 Å². The predicted octanol–water partition coefficient (Wildman–Crippen LogP) is 3.40. The van der Waals surface area contributed by atoms with Crippen LogP contribution in [-0.4, -0.2) is 9.55 Å². The average molecular weight is 233 g/mol. The Labute approximate surface area is 107 Å². The van der Waals surface area contributed by atoms with E-state index in [9.17, 15) is 0 Å². The van der Waals surface area contributed by atoms with Crippen molar-refractivity contribution in [1.29, 1.82) is 0 Å². The summed E-state index contributed by atoms with van der Waals surface area (Å²) in [5, 5.41) is 0. The van der Waals surface area contributed by atoms with E-state index < -0.39 is 0 Å². The first kappa shape index (κ1) is 10.8. The average Bonchev–Trinajstić information content (AvgIpc) is 2.89. The van der Waals surface area contributed by atoms with Crippen LogP contribution in [0.1, 0.15) is 5.56 Å². The summed E-state index contributed by atoms with van der Waals surface area (Å²) in [4.78, 5) is 4.25. The second-order valence-corrected chi connectivity index (χ2v) is 4.18. The summed E-state index contributed by atoms with van der Waals surface area (Å²) in [6, 6.07) is 21.4. The second kappa shape index (κ2) is 4.88. The van der Waals surface area contributed by atoms with Gasteiger partial charge in [-0.1, -0.05) is 54.6 Å². The van der Waals surface area contributed by atoms with Gasteiger partial charge >= 0.3 is 0 Å². The monoisotopic (exact) mass is 233 g/mol. The second-order valence-electron chi connectivity index (χ2n) is 4.18. The third-order valence-corrected chi connectivity index (χ3v) is 2.92. The van der Waals surface area contributed by atoms with Gasteiger partial charge in [-0.3, -0.25) is 0 Å². The van der Waals surface area contributed by atoms with Gasteiger partial charge in [-0.2, -0.15) is 0 Å². The lowest BCUT2D eigenvalue weighted by Gasteiger charge is -2.08. The van der Waals surface area contributed by atoms with E-state index in [-0.39, 0.29) is 0 Å². The lowest BCUT2D eigenvalue weighted by molar-refractivity contribution is 0.805. The van der Waals surface area contributed by atoms with Gasteiger partial charge in [-0.05, 0) is 17.2 Å². The normalized spacial score (nSPS) is 10.4. The molecular weight excluding hydrogens is 220 g/mol. The van der Waals surface area contributed by atoms with Gasteiger partial charge in [0.15, 0.2) is 0 Å². The van der Waals surface area contributed by atoms with E-state index in [1.165, 1.54) is 11.1 Å². The zero-order valence-corrected chi connectivity index (χ0v) is 9.95. The third kappa shape index (κ3) is 2.18. The Morgan fingerprint density at radius 1 is 1.00 bits per heavy atom. The van der Waals surface area contributed by atoms with Crippen LogP contribution in [0.25, 0.3) is 11.3 Å². The van der Waals surface area contributed by atoms with Gasteiger partial charge in [-0.25, -0.2) is 4.98 Å². The molecule has 0 aliphatic heterocycles. The van der Waals surface area contributed by atoms with E-state index in [1.807, 2.05) is 42.9 Å². The molecule has 0 N–H and O–H groups in total. The molecule has 87 valence electrons. The quantitative estimate of drug-likeness (QED) is 0.678. The standard InChI is InChI=1S/C16H13N2/c1-3-7-14(8-4-1)12-18-13-17-11-16(18)15-9-5-2-6-10-15/h2-11,13H,12H2. The van der Waals surface area contributed by atoms with Crippen LogP contribution < -0.4 is 0 Å². The summed E-state index contributed by atoms with van der Waals surface area (Å²) < 4.78 is 2.16. The Kier molecular flexibility index (Phi) is 2.92. The molecule has 0 unspecified atom stereocenters. The van der Waals surface area contributed by atoms with E-state index in [0.29, 0.717) is 0 Å². The number of imidazole rings is 1. The van der Waals surface area contributed by atoms with Crippen LogP contribution in [0.5, 0.6) is 0 Å². The summed E-state index contributed by atoms with van der Waals surface area (Å²) in [6.07, 6.45) is 3.78. The number of rotatable bonds is 3. The molecule has 3 aromatic rings.